The molecule has 1 N–H and O–H groups in total. The van der Waals surface area contributed by atoms with Crippen LogP contribution in [0.3, 0.4) is 0 Å². The number of nitrogens with one attached hydrogen (secondary N) is 1. The van der Waals surface area contributed by atoms with E-state index in [1.807, 2.05) is 6.07 Å². The first-order chi connectivity index (χ1) is 11.7. The molecule has 0 aliphatic heterocycles. The van der Waals surface area contributed by atoms with Crippen LogP contribution < -0.4 is 5.32 Å². The number of unbranched alkanes of at least 4 members (excludes halogenated alkanes) is 1. The highest BCUT2D eigenvalue weighted by atomic mass is 32.2. The van der Waals surface area contributed by atoms with Gasteiger partial charge in [0, 0.05) is 17.1 Å². The van der Waals surface area contributed by atoms with Crippen molar-refractivity contribution in [2.75, 3.05) is 18.2 Å². The van der Waals surface area contributed by atoms with Gasteiger partial charge in [-0.3, -0.25) is 0 Å². The number of hydrogen-bond acceptors (Lipinski definition) is 3. The molecule has 0 spiro atoms. The molecule has 0 amide bonds. The number of rotatable bonds is 10. The molecule has 0 bridgehead atoms. The predicted molar refractivity (Wildman–Crippen MR) is 107 cm³/mol. The lowest BCUT2D eigenvalue weighted by Gasteiger charge is -2.31. The van der Waals surface area contributed by atoms with Crippen LogP contribution in [-0.4, -0.2) is 12.9 Å². The molecule has 1 atom stereocenters. The fourth-order valence-corrected chi connectivity index (χ4v) is 3.55. The minimum absolute atomic E-state index is 0.191. The van der Waals surface area contributed by atoms with Gasteiger partial charge in [0.2, 0.25) is 0 Å². The minimum Gasteiger partial charge on any atom is -0.355 e. The first-order valence-electron chi connectivity index (χ1n) is 8.77. The molecule has 2 nitrogen and oxygen atoms in total. The molecule has 3 heteroatoms. The van der Waals surface area contributed by atoms with Crippen molar-refractivity contribution in [3.8, 4) is 0 Å². The summed E-state index contributed by atoms with van der Waals surface area (Å²) in [5.41, 5.74) is 3.96. The molecule has 2 rings (SSSR count). The lowest BCUT2D eigenvalue weighted by atomic mass is 9.75. The van der Waals surface area contributed by atoms with Gasteiger partial charge in [0.15, 0.2) is 0 Å². The van der Waals surface area contributed by atoms with E-state index in [1.54, 1.807) is 19.2 Å². The van der Waals surface area contributed by atoms with Crippen LogP contribution in [-0.2, 0) is 9.60 Å². The van der Waals surface area contributed by atoms with Crippen LogP contribution in [0.2, 0.25) is 0 Å². The Kier molecular flexibility index (Phi) is 7.67. The number of hydrogen-bond donors (Lipinski definition) is 1. The molecule has 0 heterocycles. The van der Waals surface area contributed by atoms with Gasteiger partial charge in [-0.15, -0.1) is 0 Å². The van der Waals surface area contributed by atoms with Crippen molar-refractivity contribution in [3.05, 3.63) is 60.2 Å². The third-order valence-corrected chi connectivity index (χ3v) is 5.43. The van der Waals surface area contributed by atoms with E-state index >= 15 is 0 Å². The average molecular weight is 344 g/mol. The molecule has 1 unspecified atom stereocenters. The third-order valence-electron chi connectivity index (χ3n) is 4.73. The molecule has 0 saturated heterocycles. The quantitative estimate of drug-likeness (QED) is 0.390. The van der Waals surface area contributed by atoms with Crippen LogP contribution in [0.5, 0.6) is 0 Å². The molecule has 0 radical (unpaired) electrons. The third kappa shape index (κ3) is 5.29. The van der Waals surface area contributed by atoms with E-state index in [0.717, 1.165) is 17.9 Å². The molecule has 130 valence electrons. The van der Waals surface area contributed by atoms with Gasteiger partial charge < -0.3 is 9.50 Å². The Morgan fingerprint density at radius 2 is 1.71 bits per heavy atom. The Labute approximate surface area is 151 Å². The van der Waals surface area contributed by atoms with Gasteiger partial charge in [-0.25, -0.2) is 0 Å². The van der Waals surface area contributed by atoms with Crippen molar-refractivity contribution in [2.45, 2.75) is 44.9 Å². The summed E-state index contributed by atoms with van der Waals surface area (Å²) in [4.78, 5) is 0. The van der Waals surface area contributed by atoms with Crippen molar-refractivity contribution >= 4 is 23.4 Å². The van der Waals surface area contributed by atoms with E-state index in [0.29, 0.717) is 0 Å². The van der Waals surface area contributed by atoms with Crippen molar-refractivity contribution in [3.63, 3.8) is 0 Å². The summed E-state index contributed by atoms with van der Waals surface area (Å²) in [6.07, 6.45) is 4.75. The molecule has 2 aromatic carbocycles. The largest absolute Gasteiger partial charge is 0.355 e. The van der Waals surface area contributed by atoms with Gasteiger partial charge in [0.25, 0.3) is 0 Å². The molecule has 0 aliphatic rings. The second-order valence-corrected chi connectivity index (χ2v) is 7.37. The zero-order chi connectivity index (χ0) is 17.3. The predicted octanol–water partition coefficient (Wildman–Crippen LogP) is 6.56. The highest BCUT2D eigenvalue weighted by Crippen LogP contribution is 2.38. The Morgan fingerprint density at radius 1 is 1.00 bits per heavy atom. The SMILES string of the molecule is CCC(C)(CCCCSOC)c1ccccc1Nc1ccccc1. The molecule has 0 fully saturated rings. The smallest absolute Gasteiger partial charge is 0.0503 e. The summed E-state index contributed by atoms with van der Waals surface area (Å²) in [6, 6.07) is 19.1. The molecule has 24 heavy (non-hydrogen) atoms. The highest BCUT2D eigenvalue weighted by molar-refractivity contribution is 7.94. The highest BCUT2D eigenvalue weighted by Gasteiger charge is 2.26. The summed E-state index contributed by atoms with van der Waals surface area (Å²) in [5.74, 6) is 1.07. The van der Waals surface area contributed by atoms with Crippen LogP contribution in [0.4, 0.5) is 11.4 Å². The van der Waals surface area contributed by atoms with E-state index in [9.17, 15) is 0 Å². The standard InChI is InChI=1S/C21H29NOS/c1-4-21(2,16-10-11-17-24-23-3)19-14-8-9-15-20(19)22-18-12-6-5-7-13-18/h5-9,12-15,22H,4,10-11,16-17H2,1-3H3. The molecular formula is C21H29NOS. The first-order valence-corrected chi connectivity index (χ1v) is 9.68. The van der Waals surface area contributed by atoms with Crippen LogP contribution >= 0.6 is 12.0 Å². The minimum atomic E-state index is 0.191. The fraction of sp³-hybridized carbons (Fsp3) is 0.429. The van der Waals surface area contributed by atoms with E-state index in [1.165, 1.54) is 30.5 Å². The Bertz CT molecular complexity index is 602. The van der Waals surface area contributed by atoms with Gasteiger partial charge in [-0.1, -0.05) is 56.7 Å². The monoisotopic (exact) mass is 343 g/mol. The average Bonchev–Trinajstić information content (AvgIpc) is 2.63. The lowest BCUT2D eigenvalue weighted by molar-refractivity contribution is 0.404. The van der Waals surface area contributed by atoms with Gasteiger partial charge in [-0.2, -0.15) is 0 Å². The van der Waals surface area contributed by atoms with Crippen LogP contribution in [0, 0.1) is 0 Å². The fourth-order valence-electron chi connectivity index (χ4n) is 3.06. The van der Waals surface area contributed by atoms with Crippen LogP contribution in [0.25, 0.3) is 0 Å². The normalized spacial score (nSPS) is 13.5. The number of para-hydroxylation sites is 2. The van der Waals surface area contributed by atoms with Crippen molar-refractivity contribution < 1.29 is 4.18 Å². The molecule has 0 aliphatic carbocycles. The van der Waals surface area contributed by atoms with Gasteiger partial charge >= 0.3 is 0 Å². The van der Waals surface area contributed by atoms with Crippen molar-refractivity contribution in [2.24, 2.45) is 0 Å². The molecule has 2 aromatic rings. The maximum Gasteiger partial charge on any atom is 0.0503 e. The van der Waals surface area contributed by atoms with E-state index in [4.69, 9.17) is 4.18 Å². The maximum absolute atomic E-state index is 5.08. The molecule has 0 saturated carbocycles. The Morgan fingerprint density at radius 3 is 2.42 bits per heavy atom. The van der Waals surface area contributed by atoms with E-state index < -0.39 is 0 Å². The Hall–Kier alpha value is -1.45. The summed E-state index contributed by atoms with van der Waals surface area (Å²) >= 11 is 1.55. The zero-order valence-electron chi connectivity index (χ0n) is 15.0. The van der Waals surface area contributed by atoms with Crippen molar-refractivity contribution in [1.82, 2.24) is 0 Å². The summed E-state index contributed by atoms with van der Waals surface area (Å²) in [7, 11) is 1.74. The van der Waals surface area contributed by atoms with Gasteiger partial charge in [0.1, 0.15) is 0 Å². The topological polar surface area (TPSA) is 21.3 Å². The Balaban J connectivity index is 2.12. The van der Waals surface area contributed by atoms with E-state index in [-0.39, 0.29) is 5.41 Å². The van der Waals surface area contributed by atoms with Crippen LogP contribution in [0.15, 0.2) is 54.6 Å². The summed E-state index contributed by atoms with van der Waals surface area (Å²) < 4.78 is 5.08. The van der Waals surface area contributed by atoms with Crippen LogP contribution in [0.1, 0.15) is 45.1 Å². The van der Waals surface area contributed by atoms with Crippen molar-refractivity contribution in [1.29, 1.82) is 0 Å². The summed E-state index contributed by atoms with van der Waals surface area (Å²) in [6.45, 7) is 4.69. The first kappa shape index (κ1) is 18.9. The van der Waals surface area contributed by atoms with Gasteiger partial charge in [-0.05, 0) is 60.5 Å². The second kappa shape index (κ2) is 9.75. The number of benzene rings is 2. The van der Waals surface area contributed by atoms with Gasteiger partial charge in [0.05, 0.1) is 7.11 Å². The molecule has 0 aromatic heterocycles. The zero-order valence-corrected chi connectivity index (χ0v) is 15.9. The lowest BCUT2D eigenvalue weighted by Crippen LogP contribution is -2.22. The number of anilines is 2. The maximum atomic E-state index is 5.08. The van der Waals surface area contributed by atoms with E-state index in [2.05, 4.69) is 67.7 Å². The summed E-state index contributed by atoms with van der Waals surface area (Å²) in [5, 5.41) is 3.60. The molecular weight excluding hydrogens is 314 g/mol. The second-order valence-electron chi connectivity index (χ2n) is 6.40.